The third-order valence-electron chi connectivity index (χ3n) is 5.24. The SMILES string of the molecule is CCC(C)N(C)CC(=O)N(CC(C)C)c1c(N)n(Cc2ccccc2)c(=O)[nH]c1=O. The monoisotopic (exact) mass is 415 g/mol. The number of likely N-dealkylation sites (N-methyl/N-ethyl adjacent to an activating group) is 1. The van der Waals surface area contributed by atoms with Crippen LogP contribution in [0.1, 0.15) is 39.7 Å². The number of aromatic amines is 1. The second-order valence-electron chi connectivity index (χ2n) is 8.14. The molecule has 0 saturated carbocycles. The molecule has 2 rings (SSSR count). The van der Waals surface area contributed by atoms with Gasteiger partial charge in [-0.15, -0.1) is 0 Å². The smallest absolute Gasteiger partial charge is 0.330 e. The van der Waals surface area contributed by atoms with Crippen molar-refractivity contribution in [2.75, 3.05) is 30.8 Å². The standard InChI is InChI=1S/C22H33N5O3/c1-6-16(4)25(5)14-18(28)26(12-15(2)3)19-20(23)27(22(30)24-21(19)29)13-17-10-8-7-9-11-17/h7-11,15-16H,6,12-14,23H2,1-5H3,(H,24,29,30). The fraction of sp³-hybridized carbons (Fsp3) is 0.500. The second-order valence-corrected chi connectivity index (χ2v) is 8.14. The van der Waals surface area contributed by atoms with Crippen LogP contribution in [-0.2, 0) is 11.3 Å². The van der Waals surface area contributed by atoms with Gasteiger partial charge in [-0.3, -0.25) is 24.0 Å². The molecule has 1 unspecified atom stereocenters. The average Bonchev–Trinajstić information content (AvgIpc) is 2.69. The molecule has 1 aromatic carbocycles. The lowest BCUT2D eigenvalue weighted by atomic mass is 10.1. The quantitative estimate of drug-likeness (QED) is 0.651. The Kier molecular flexibility index (Phi) is 8.00. The molecule has 2 aromatic rings. The fourth-order valence-corrected chi connectivity index (χ4v) is 3.21. The van der Waals surface area contributed by atoms with Crippen molar-refractivity contribution in [2.24, 2.45) is 5.92 Å². The summed E-state index contributed by atoms with van der Waals surface area (Å²) < 4.78 is 1.30. The third-order valence-corrected chi connectivity index (χ3v) is 5.24. The minimum atomic E-state index is -0.651. The predicted octanol–water partition coefficient (Wildman–Crippen LogP) is 1.89. The largest absolute Gasteiger partial charge is 0.383 e. The summed E-state index contributed by atoms with van der Waals surface area (Å²) in [6, 6.07) is 9.57. The van der Waals surface area contributed by atoms with E-state index in [2.05, 4.69) is 11.9 Å². The Labute approximate surface area is 177 Å². The number of aromatic nitrogens is 2. The number of nitrogens with two attached hydrogens (primary N) is 1. The van der Waals surface area contributed by atoms with Crippen LogP contribution in [0.15, 0.2) is 39.9 Å². The molecule has 0 spiro atoms. The Hall–Kier alpha value is -2.87. The molecular formula is C22H33N5O3. The highest BCUT2D eigenvalue weighted by Gasteiger charge is 2.26. The average molecular weight is 416 g/mol. The summed E-state index contributed by atoms with van der Waals surface area (Å²) in [7, 11) is 1.88. The topological polar surface area (TPSA) is 104 Å². The normalized spacial score (nSPS) is 12.4. The maximum Gasteiger partial charge on any atom is 0.330 e. The van der Waals surface area contributed by atoms with Crippen molar-refractivity contribution in [3.05, 3.63) is 56.7 Å². The van der Waals surface area contributed by atoms with Gasteiger partial charge in [-0.25, -0.2) is 4.79 Å². The van der Waals surface area contributed by atoms with Crippen molar-refractivity contribution in [3.63, 3.8) is 0 Å². The molecule has 3 N–H and O–H groups in total. The van der Waals surface area contributed by atoms with Crippen molar-refractivity contribution in [1.82, 2.24) is 14.5 Å². The van der Waals surface area contributed by atoms with Gasteiger partial charge in [-0.2, -0.15) is 0 Å². The number of hydrogen-bond donors (Lipinski definition) is 2. The van der Waals surface area contributed by atoms with Crippen molar-refractivity contribution < 1.29 is 4.79 Å². The maximum atomic E-state index is 13.2. The molecule has 8 heteroatoms. The van der Waals surface area contributed by atoms with Crippen LogP contribution in [0, 0.1) is 5.92 Å². The summed E-state index contributed by atoms with van der Waals surface area (Å²) in [6.45, 7) is 8.70. The lowest BCUT2D eigenvalue weighted by Crippen LogP contribution is -2.47. The van der Waals surface area contributed by atoms with E-state index in [4.69, 9.17) is 5.73 Å². The minimum absolute atomic E-state index is 0.00667. The van der Waals surface area contributed by atoms with E-state index in [0.717, 1.165) is 12.0 Å². The van der Waals surface area contributed by atoms with Crippen LogP contribution in [0.2, 0.25) is 0 Å². The first-order valence-electron chi connectivity index (χ1n) is 10.3. The van der Waals surface area contributed by atoms with E-state index in [-0.39, 0.29) is 42.5 Å². The Bertz CT molecular complexity index is 965. The number of nitrogen functional groups attached to an aromatic ring is 1. The molecular weight excluding hydrogens is 382 g/mol. The van der Waals surface area contributed by atoms with Crippen LogP contribution in [0.25, 0.3) is 0 Å². The number of rotatable bonds is 9. The van der Waals surface area contributed by atoms with Crippen LogP contribution in [0.3, 0.4) is 0 Å². The van der Waals surface area contributed by atoms with Gasteiger partial charge < -0.3 is 10.6 Å². The van der Waals surface area contributed by atoms with E-state index in [9.17, 15) is 14.4 Å². The Balaban J connectivity index is 2.50. The Morgan fingerprint density at radius 3 is 2.37 bits per heavy atom. The molecule has 30 heavy (non-hydrogen) atoms. The molecule has 0 aliphatic heterocycles. The molecule has 0 bridgehead atoms. The number of H-pyrrole nitrogens is 1. The van der Waals surface area contributed by atoms with Crippen LogP contribution >= 0.6 is 0 Å². The van der Waals surface area contributed by atoms with E-state index in [0.29, 0.717) is 6.54 Å². The molecule has 1 heterocycles. The molecule has 0 radical (unpaired) electrons. The zero-order valence-corrected chi connectivity index (χ0v) is 18.5. The van der Waals surface area contributed by atoms with E-state index >= 15 is 0 Å². The van der Waals surface area contributed by atoms with E-state index < -0.39 is 11.2 Å². The molecule has 0 fully saturated rings. The lowest BCUT2D eigenvalue weighted by molar-refractivity contribution is -0.120. The van der Waals surface area contributed by atoms with Crippen LogP contribution in [0.4, 0.5) is 11.5 Å². The molecule has 1 amide bonds. The summed E-state index contributed by atoms with van der Waals surface area (Å²) >= 11 is 0. The molecule has 1 aromatic heterocycles. The highest BCUT2D eigenvalue weighted by molar-refractivity contribution is 5.96. The number of carbonyl (C=O) groups excluding carboxylic acids is 1. The zero-order chi connectivity index (χ0) is 22.4. The van der Waals surface area contributed by atoms with Crippen molar-refractivity contribution in [3.8, 4) is 0 Å². The molecule has 0 aliphatic carbocycles. The first-order valence-corrected chi connectivity index (χ1v) is 10.3. The second kappa shape index (κ2) is 10.2. The van der Waals surface area contributed by atoms with Gasteiger partial charge in [0, 0.05) is 12.6 Å². The van der Waals surface area contributed by atoms with Crippen molar-refractivity contribution in [1.29, 1.82) is 0 Å². The van der Waals surface area contributed by atoms with Crippen molar-refractivity contribution >= 4 is 17.4 Å². The molecule has 0 saturated heterocycles. The lowest BCUT2D eigenvalue weighted by Gasteiger charge is -2.29. The molecule has 0 aliphatic rings. The Morgan fingerprint density at radius 1 is 1.17 bits per heavy atom. The van der Waals surface area contributed by atoms with Crippen molar-refractivity contribution in [2.45, 2.75) is 46.7 Å². The number of amides is 1. The zero-order valence-electron chi connectivity index (χ0n) is 18.5. The third kappa shape index (κ3) is 5.60. The first kappa shape index (κ1) is 23.4. The van der Waals surface area contributed by atoms with Crippen LogP contribution in [-0.4, -0.2) is 46.5 Å². The summed E-state index contributed by atoms with van der Waals surface area (Å²) in [5.41, 5.74) is 5.94. The minimum Gasteiger partial charge on any atom is -0.383 e. The van der Waals surface area contributed by atoms with Gasteiger partial charge in [0.15, 0.2) is 5.69 Å². The van der Waals surface area contributed by atoms with Gasteiger partial charge in [-0.1, -0.05) is 51.1 Å². The number of benzene rings is 1. The molecule has 8 nitrogen and oxygen atoms in total. The number of carbonyl (C=O) groups is 1. The first-order chi connectivity index (χ1) is 14.1. The van der Waals surface area contributed by atoms with E-state index in [1.54, 1.807) is 0 Å². The fourth-order valence-electron chi connectivity index (χ4n) is 3.21. The van der Waals surface area contributed by atoms with Crippen LogP contribution in [0.5, 0.6) is 0 Å². The maximum absolute atomic E-state index is 13.2. The number of anilines is 2. The Morgan fingerprint density at radius 2 is 1.80 bits per heavy atom. The van der Waals surface area contributed by atoms with E-state index in [1.807, 2.05) is 63.1 Å². The summed E-state index contributed by atoms with van der Waals surface area (Å²) in [5, 5.41) is 0. The summed E-state index contributed by atoms with van der Waals surface area (Å²) in [5.74, 6) is -0.127. The van der Waals surface area contributed by atoms with Crippen LogP contribution < -0.4 is 21.9 Å². The van der Waals surface area contributed by atoms with Gasteiger partial charge in [0.25, 0.3) is 5.56 Å². The summed E-state index contributed by atoms with van der Waals surface area (Å²) in [4.78, 5) is 44.0. The highest BCUT2D eigenvalue weighted by atomic mass is 16.2. The number of nitrogens with one attached hydrogen (secondary N) is 1. The number of hydrogen-bond acceptors (Lipinski definition) is 5. The molecule has 1 atom stereocenters. The van der Waals surface area contributed by atoms with Gasteiger partial charge >= 0.3 is 5.69 Å². The summed E-state index contributed by atoms with van der Waals surface area (Å²) in [6.07, 6.45) is 0.901. The highest BCUT2D eigenvalue weighted by Crippen LogP contribution is 2.20. The number of nitrogens with zero attached hydrogens (tertiary/aromatic N) is 3. The van der Waals surface area contributed by atoms with Gasteiger partial charge in [0.2, 0.25) is 5.91 Å². The molecule has 164 valence electrons. The van der Waals surface area contributed by atoms with Gasteiger partial charge in [0.1, 0.15) is 5.82 Å². The van der Waals surface area contributed by atoms with Gasteiger partial charge in [-0.05, 0) is 31.9 Å². The van der Waals surface area contributed by atoms with Gasteiger partial charge in [0.05, 0.1) is 13.1 Å². The van der Waals surface area contributed by atoms with E-state index in [1.165, 1.54) is 9.47 Å². The predicted molar refractivity (Wildman–Crippen MR) is 121 cm³/mol.